The van der Waals surface area contributed by atoms with E-state index in [1.54, 1.807) is 12.1 Å². The van der Waals surface area contributed by atoms with Crippen LogP contribution in [0.25, 0.3) is 11.0 Å². The molecule has 1 aromatic heterocycles. The number of para-hydroxylation sites is 1. The van der Waals surface area contributed by atoms with Crippen LogP contribution in [0.15, 0.2) is 18.2 Å². The third-order valence-corrected chi connectivity index (χ3v) is 3.24. The fourth-order valence-electron chi connectivity index (χ4n) is 1.92. The van der Waals surface area contributed by atoms with Crippen LogP contribution in [0.1, 0.15) is 13.3 Å². The highest BCUT2D eigenvalue weighted by atomic mass is 32.1. The number of hydrogen-bond donors (Lipinski definition) is 1. The molecule has 116 valence electrons. The Labute approximate surface area is 123 Å². The lowest BCUT2D eigenvalue weighted by Gasteiger charge is -2.16. The zero-order valence-corrected chi connectivity index (χ0v) is 12.0. The van der Waals surface area contributed by atoms with E-state index < -0.39 is 18.9 Å². The minimum Gasteiger partial charge on any atom is -0.491 e. The summed E-state index contributed by atoms with van der Waals surface area (Å²) in [5.41, 5.74) is 0.745. The number of imidazole rings is 1. The number of halogens is 4. The average molecular weight is 322 g/mol. The maximum Gasteiger partial charge on any atom is 0.324 e. The molecule has 1 N–H and O–H groups in total. The Kier molecular flexibility index (Phi) is 4.55. The Balaban J connectivity index is 2.46. The van der Waals surface area contributed by atoms with E-state index in [1.807, 2.05) is 6.92 Å². The van der Waals surface area contributed by atoms with Gasteiger partial charge >= 0.3 is 12.3 Å². The number of ether oxygens (including phenoxy) is 1. The van der Waals surface area contributed by atoms with Gasteiger partial charge in [-0.05, 0) is 30.8 Å². The number of hydrogen-bond acceptors (Lipinski definition) is 2. The van der Waals surface area contributed by atoms with Gasteiger partial charge in [0.15, 0.2) is 4.77 Å². The normalized spacial score (nSPS) is 12.3. The molecule has 0 amide bonds. The number of nitrogens with one attached hydrogen (secondary N) is 1. The summed E-state index contributed by atoms with van der Waals surface area (Å²) in [6.07, 6.45) is -2.97. The monoisotopic (exact) mass is 322 g/mol. The Morgan fingerprint density at radius 1 is 1.38 bits per heavy atom. The first kappa shape index (κ1) is 15.8. The van der Waals surface area contributed by atoms with E-state index in [0.717, 1.165) is 11.0 Å². The van der Waals surface area contributed by atoms with Crippen molar-refractivity contribution in [2.75, 3.05) is 6.61 Å². The van der Waals surface area contributed by atoms with Crippen LogP contribution in [0.2, 0.25) is 0 Å². The Morgan fingerprint density at radius 2 is 2.10 bits per heavy atom. The summed E-state index contributed by atoms with van der Waals surface area (Å²) in [7, 11) is 0. The van der Waals surface area contributed by atoms with Gasteiger partial charge in [0.1, 0.15) is 11.3 Å². The van der Waals surface area contributed by atoms with Crippen molar-refractivity contribution >= 4 is 23.3 Å². The van der Waals surface area contributed by atoms with Crippen LogP contribution in [0, 0.1) is 4.77 Å². The largest absolute Gasteiger partial charge is 0.491 e. The molecule has 0 aliphatic heterocycles. The lowest BCUT2D eigenvalue weighted by Crippen LogP contribution is -2.32. The van der Waals surface area contributed by atoms with Gasteiger partial charge in [0.05, 0.1) is 18.7 Å². The molecule has 1 aromatic carbocycles. The Hall–Kier alpha value is -1.57. The van der Waals surface area contributed by atoms with E-state index in [1.165, 1.54) is 6.07 Å². The summed E-state index contributed by atoms with van der Waals surface area (Å²) in [4.78, 5) is 2.74. The van der Waals surface area contributed by atoms with Crippen LogP contribution in [0.5, 0.6) is 5.75 Å². The standard InChI is InChI=1S/C13H14F4N2OS/c1-2-6-20-9-5-3-4-8-10(9)18-12(21)19(8)7-13(16,17)11(14)15/h3-5,11H,2,6-7H2,1H3,(H,18,21). The number of rotatable bonds is 6. The zero-order chi connectivity index (χ0) is 15.6. The highest BCUT2D eigenvalue weighted by Gasteiger charge is 2.41. The second kappa shape index (κ2) is 6.05. The number of alkyl halides is 4. The fourth-order valence-corrected chi connectivity index (χ4v) is 2.19. The van der Waals surface area contributed by atoms with Crippen molar-refractivity contribution in [3.05, 3.63) is 23.0 Å². The Morgan fingerprint density at radius 3 is 2.71 bits per heavy atom. The summed E-state index contributed by atoms with van der Waals surface area (Å²) in [6.45, 7) is 1.20. The van der Waals surface area contributed by atoms with Crippen LogP contribution in [-0.4, -0.2) is 28.5 Å². The van der Waals surface area contributed by atoms with Gasteiger partial charge in [0.25, 0.3) is 0 Å². The van der Waals surface area contributed by atoms with E-state index in [9.17, 15) is 17.6 Å². The van der Waals surface area contributed by atoms with E-state index in [-0.39, 0.29) is 4.77 Å². The predicted molar refractivity (Wildman–Crippen MR) is 73.9 cm³/mol. The van der Waals surface area contributed by atoms with Gasteiger partial charge in [-0.3, -0.25) is 0 Å². The van der Waals surface area contributed by atoms with Crippen LogP contribution < -0.4 is 4.74 Å². The molecule has 0 saturated heterocycles. The molecule has 1 heterocycles. The summed E-state index contributed by atoms with van der Waals surface area (Å²) < 4.78 is 57.6. The predicted octanol–water partition coefficient (Wildman–Crippen LogP) is 4.39. The lowest BCUT2D eigenvalue weighted by molar-refractivity contribution is -0.137. The molecule has 0 fully saturated rings. The summed E-state index contributed by atoms with van der Waals surface area (Å²) >= 11 is 4.95. The number of aromatic amines is 1. The fraction of sp³-hybridized carbons (Fsp3) is 0.462. The highest BCUT2D eigenvalue weighted by molar-refractivity contribution is 7.71. The molecular weight excluding hydrogens is 308 g/mol. The van der Waals surface area contributed by atoms with Crippen molar-refractivity contribution in [1.82, 2.24) is 9.55 Å². The second-order valence-corrected chi connectivity index (χ2v) is 4.96. The van der Waals surface area contributed by atoms with Gasteiger partial charge in [-0.15, -0.1) is 0 Å². The van der Waals surface area contributed by atoms with Gasteiger partial charge < -0.3 is 14.3 Å². The van der Waals surface area contributed by atoms with Crippen molar-refractivity contribution in [3.8, 4) is 5.75 Å². The van der Waals surface area contributed by atoms with Crippen molar-refractivity contribution in [1.29, 1.82) is 0 Å². The molecule has 0 unspecified atom stereocenters. The number of aromatic nitrogens is 2. The molecule has 0 atom stereocenters. The van der Waals surface area contributed by atoms with E-state index in [0.29, 0.717) is 23.4 Å². The van der Waals surface area contributed by atoms with Crippen LogP contribution in [0.3, 0.4) is 0 Å². The van der Waals surface area contributed by atoms with Crippen LogP contribution >= 0.6 is 12.2 Å². The number of nitrogens with zero attached hydrogens (tertiary/aromatic N) is 1. The topological polar surface area (TPSA) is 29.9 Å². The lowest BCUT2D eigenvalue weighted by atomic mass is 10.2. The molecule has 3 nitrogen and oxygen atoms in total. The quantitative estimate of drug-likeness (QED) is 0.631. The molecule has 0 saturated carbocycles. The molecule has 0 aliphatic carbocycles. The first-order valence-corrected chi connectivity index (χ1v) is 6.78. The van der Waals surface area contributed by atoms with Gasteiger partial charge in [-0.1, -0.05) is 13.0 Å². The second-order valence-electron chi connectivity index (χ2n) is 4.58. The molecule has 0 spiro atoms. The Bertz CT molecular complexity index is 680. The minimum absolute atomic E-state index is 0.0436. The smallest absolute Gasteiger partial charge is 0.324 e. The van der Waals surface area contributed by atoms with Crippen molar-refractivity contribution in [3.63, 3.8) is 0 Å². The summed E-state index contributed by atoms with van der Waals surface area (Å²) in [5.74, 6) is -3.69. The summed E-state index contributed by atoms with van der Waals surface area (Å²) in [6, 6.07) is 4.80. The molecule has 0 aliphatic rings. The maximum absolute atomic E-state index is 13.3. The zero-order valence-electron chi connectivity index (χ0n) is 11.2. The maximum atomic E-state index is 13.3. The summed E-state index contributed by atoms with van der Waals surface area (Å²) in [5, 5.41) is 0. The van der Waals surface area contributed by atoms with Gasteiger partial charge in [0.2, 0.25) is 0 Å². The molecular formula is C13H14F4N2OS. The minimum atomic E-state index is -4.15. The van der Waals surface area contributed by atoms with Crippen LogP contribution in [0.4, 0.5) is 17.6 Å². The molecule has 8 heteroatoms. The van der Waals surface area contributed by atoms with Crippen LogP contribution in [-0.2, 0) is 6.54 Å². The molecule has 2 aromatic rings. The van der Waals surface area contributed by atoms with E-state index in [4.69, 9.17) is 17.0 Å². The van der Waals surface area contributed by atoms with Crippen molar-refractivity contribution in [2.24, 2.45) is 0 Å². The van der Waals surface area contributed by atoms with Gasteiger partial charge in [0, 0.05) is 0 Å². The van der Waals surface area contributed by atoms with Gasteiger partial charge in [-0.25, -0.2) is 8.78 Å². The molecule has 21 heavy (non-hydrogen) atoms. The third kappa shape index (κ3) is 3.20. The van der Waals surface area contributed by atoms with Crippen molar-refractivity contribution in [2.45, 2.75) is 32.2 Å². The molecule has 0 bridgehead atoms. The number of benzene rings is 1. The third-order valence-electron chi connectivity index (χ3n) is 2.92. The first-order valence-electron chi connectivity index (χ1n) is 6.37. The number of H-pyrrole nitrogens is 1. The SMILES string of the molecule is CCCOc1cccc2c1[nH]c(=S)n2CC(F)(F)C(F)F. The van der Waals surface area contributed by atoms with Crippen molar-refractivity contribution < 1.29 is 22.3 Å². The number of fused-ring (bicyclic) bond motifs is 1. The first-order chi connectivity index (χ1) is 9.86. The molecule has 0 radical (unpaired) electrons. The average Bonchev–Trinajstić information content (AvgIpc) is 2.73. The van der Waals surface area contributed by atoms with E-state index in [2.05, 4.69) is 4.98 Å². The highest BCUT2D eigenvalue weighted by Crippen LogP contribution is 2.30. The molecule has 2 rings (SSSR count). The van der Waals surface area contributed by atoms with Gasteiger partial charge in [-0.2, -0.15) is 8.78 Å². The van der Waals surface area contributed by atoms with E-state index >= 15 is 0 Å².